The van der Waals surface area contributed by atoms with E-state index >= 15 is 0 Å². The molecule has 7 heteroatoms. The summed E-state index contributed by atoms with van der Waals surface area (Å²) in [5.74, 6) is -0.122. The summed E-state index contributed by atoms with van der Waals surface area (Å²) in [4.78, 5) is 15.8. The van der Waals surface area contributed by atoms with E-state index in [1.165, 1.54) is 17.5 Å². The first-order chi connectivity index (χ1) is 14.0. The van der Waals surface area contributed by atoms with Gasteiger partial charge >= 0.3 is 0 Å². The molecule has 1 aliphatic rings. The molecule has 29 heavy (non-hydrogen) atoms. The Morgan fingerprint density at radius 1 is 0.966 bits per heavy atom. The van der Waals surface area contributed by atoms with Crippen molar-refractivity contribution in [3.05, 3.63) is 86.9 Å². The van der Waals surface area contributed by atoms with E-state index in [4.69, 9.17) is 34.8 Å². The van der Waals surface area contributed by atoms with Crippen molar-refractivity contribution in [3.8, 4) is 0 Å². The number of carbonyl (C=O) groups is 1. The van der Waals surface area contributed by atoms with Gasteiger partial charge in [0.25, 0.3) is 5.91 Å². The third kappa shape index (κ3) is 4.51. The summed E-state index contributed by atoms with van der Waals surface area (Å²) in [5, 5.41) is 1.46. The van der Waals surface area contributed by atoms with Crippen LogP contribution in [0.1, 0.15) is 22.3 Å². The van der Waals surface area contributed by atoms with E-state index in [9.17, 15) is 4.79 Å². The minimum absolute atomic E-state index is 0.122. The Morgan fingerprint density at radius 3 is 2.62 bits per heavy atom. The lowest BCUT2D eigenvalue weighted by Gasteiger charge is -2.30. The molecule has 0 bridgehead atoms. The maximum absolute atomic E-state index is 13.3. The third-order valence-electron chi connectivity index (χ3n) is 4.71. The van der Waals surface area contributed by atoms with Crippen LogP contribution in [-0.2, 0) is 6.42 Å². The number of amides is 1. The van der Waals surface area contributed by atoms with Gasteiger partial charge in [0.05, 0.1) is 15.6 Å². The quantitative estimate of drug-likeness (QED) is 0.410. The van der Waals surface area contributed by atoms with Gasteiger partial charge in [-0.2, -0.15) is 0 Å². The van der Waals surface area contributed by atoms with Crippen LogP contribution in [0.25, 0.3) is 0 Å². The van der Waals surface area contributed by atoms with Crippen LogP contribution in [0.5, 0.6) is 0 Å². The molecule has 1 heterocycles. The van der Waals surface area contributed by atoms with Crippen molar-refractivity contribution in [2.45, 2.75) is 17.7 Å². The van der Waals surface area contributed by atoms with Crippen LogP contribution in [0.2, 0.25) is 15.1 Å². The standard InChI is InChI=1S/C22H17Cl3N2OS/c23-15-7-3-8-16(11-15)26-29-21-12-17(18(24)13-19(21)25)22(28)27-10-4-6-14-5-1-2-9-20(14)27/h1-3,5,7-9,11-13,26H,4,6,10H2. The number of hydrogen-bond acceptors (Lipinski definition) is 3. The lowest BCUT2D eigenvalue weighted by Crippen LogP contribution is -2.35. The first-order valence-corrected chi connectivity index (χ1v) is 11.1. The van der Waals surface area contributed by atoms with Gasteiger partial charge in [0, 0.05) is 27.8 Å². The van der Waals surface area contributed by atoms with E-state index in [0.29, 0.717) is 32.1 Å². The maximum Gasteiger partial charge on any atom is 0.259 e. The van der Waals surface area contributed by atoms with Crippen molar-refractivity contribution in [3.63, 3.8) is 0 Å². The fourth-order valence-electron chi connectivity index (χ4n) is 3.33. The molecule has 3 aromatic carbocycles. The van der Waals surface area contributed by atoms with Gasteiger partial charge in [-0.15, -0.1) is 0 Å². The first kappa shape index (κ1) is 20.4. The molecule has 1 aliphatic heterocycles. The molecule has 0 saturated carbocycles. The molecule has 3 nitrogen and oxygen atoms in total. The van der Waals surface area contributed by atoms with E-state index in [1.807, 2.05) is 36.4 Å². The summed E-state index contributed by atoms with van der Waals surface area (Å²) in [6.45, 7) is 0.665. The Balaban J connectivity index is 1.61. The molecular formula is C22H17Cl3N2OS. The Hall–Kier alpha value is -1.85. The number of nitrogens with one attached hydrogen (secondary N) is 1. The van der Waals surface area contributed by atoms with Crippen LogP contribution < -0.4 is 9.62 Å². The van der Waals surface area contributed by atoms with Crippen LogP contribution >= 0.6 is 46.8 Å². The lowest BCUT2D eigenvalue weighted by atomic mass is 10.0. The predicted octanol–water partition coefficient (Wildman–Crippen LogP) is 7.36. The summed E-state index contributed by atoms with van der Waals surface area (Å²) in [6.07, 6.45) is 1.89. The van der Waals surface area contributed by atoms with E-state index in [-0.39, 0.29) is 5.91 Å². The van der Waals surface area contributed by atoms with Gasteiger partial charge in [0.2, 0.25) is 0 Å². The van der Waals surface area contributed by atoms with E-state index in [2.05, 4.69) is 10.8 Å². The highest BCUT2D eigenvalue weighted by Gasteiger charge is 2.25. The highest BCUT2D eigenvalue weighted by molar-refractivity contribution is 8.00. The van der Waals surface area contributed by atoms with Crippen molar-refractivity contribution >= 4 is 64.0 Å². The molecule has 148 valence electrons. The predicted molar refractivity (Wildman–Crippen MR) is 124 cm³/mol. The Morgan fingerprint density at radius 2 is 1.79 bits per heavy atom. The number of benzene rings is 3. The third-order valence-corrected chi connectivity index (χ3v) is 6.58. The molecule has 0 radical (unpaired) electrons. The molecular weight excluding hydrogens is 447 g/mol. The highest BCUT2D eigenvalue weighted by Crippen LogP contribution is 2.35. The van der Waals surface area contributed by atoms with Crippen LogP contribution in [0.3, 0.4) is 0 Å². The normalized spacial score (nSPS) is 13.1. The number of hydrogen-bond donors (Lipinski definition) is 1. The van der Waals surface area contributed by atoms with Crippen molar-refractivity contribution in [1.82, 2.24) is 0 Å². The molecule has 1 N–H and O–H groups in total. The van der Waals surface area contributed by atoms with Crippen molar-refractivity contribution < 1.29 is 4.79 Å². The van der Waals surface area contributed by atoms with Gasteiger partial charge in [-0.3, -0.25) is 4.79 Å². The SMILES string of the molecule is O=C(c1cc(SNc2cccc(Cl)c2)c(Cl)cc1Cl)N1CCCc2ccccc21. The second-order valence-corrected chi connectivity index (χ2v) is 8.76. The number of nitrogens with zero attached hydrogens (tertiary/aromatic N) is 1. The van der Waals surface area contributed by atoms with Gasteiger partial charge in [-0.05, 0) is 66.8 Å². The molecule has 0 fully saturated rings. The van der Waals surface area contributed by atoms with Gasteiger partial charge in [-0.1, -0.05) is 59.1 Å². The van der Waals surface area contributed by atoms with E-state index < -0.39 is 0 Å². The largest absolute Gasteiger partial charge is 0.326 e. The molecule has 0 saturated heterocycles. The van der Waals surface area contributed by atoms with Crippen LogP contribution in [-0.4, -0.2) is 12.5 Å². The number of halogens is 3. The van der Waals surface area contributed by atoms with E-state index in [0.717, 1.165) is 24.2 Å². The zero-order valence-electron chi connectivity index (χ0n) is 15.3. The fraction of sp³-hybridized carbons (Fsp3) is 0.136. The second-order valence-electron chi connectivity index (χ2n) is 6.67. The highest BCUT2D eigenvalue weighted by atomic mass is 35.5. The minimum atomic E-state index is -0.122. The van der Waals surface area contributed by atoms with Crippen LogP contribution in [0, 0.1) is 0 Å². The lowest BCUT2D eigenvalue weighted by molar-refractivity contribution is 0.0985. The fourth-order valence-corrected chi connectivity index (χ4v) is 4.79. The van der Waals surface area contributed by atoms with Gasteiger partial charge in [-0.25, -0.2) is 0 Å². The average molecular weight is 464 g/mol. The molecule has 0 atom stereocenters. The number of anilines is 2. The first-order valence-electron chi connectivity index (χ1n) is 9.10. The van der Waals surface area contributed by atoms with Crippen molar-refractivity contribution in [1.29, 1.82) is 0 Å². The molecule has 4 rings (SSSR count). The van der Waals surface area contributed by atoms with Crippen molar-refractivity contribution in [2.24, 2.45) is 0 Å². The summed E-state index contributed by atoms with van der Waals surface area (Å²) in [7, 11) is 0. The molecule has 0 aromatic heterocycles. The van der Waals surface area contributed by atoms with Crippen molar-refractivity contribution in [2.75, 3.05) is 16.2 Å². The zero-order chi connectivity index (χ0) is 20.4. The number of aryl methyl sites for hydroxylation is 1. The minimum Gasteiger partial charge on any atom is -0.326 e. The summed E-state index contributed by atoms with van der Waals surface area (Å²) in [5.41, 5.74) is 3.39. The maximum atomic E-state index is 13.3. The topological polar surface area (TPSA) is 32.3 Å². The molecule has 0 unspecified atom stereocenters. The number of carbonyl (C=O) groups excluding carboxylic acids is 1. The molecule has 0 spiro atoms. The van der Waals surface area contributed by atoms with Gasteiger partial charge < -0.3 is 9.62 Å². The van der Waals surface area contributed by atoms with Gasteiger partial charge in [0.15, 0.2) is 0 Å². The smallest absolute Gasteiger partial charge is 0.259 e. The Labute approximate surface area is 189 Å². The van der Waals surface area contributed by atoms with E-state index in [1.54, 1.807) is 23.1 Å². The Bertz CT molecular complexity index is 1070. The summed E-state index contributed by atoms with van der Waals surface area (Å²) < 4.78 is 3.20. The van der Waals surface area contributed by atoms with Crippen LogP contribution in [0.4, 0.5) is 11.4 Å². The zero-order valence-corrected chi connectivity index (χ0v) is 18.4. The molecule has 0 aliphatic carbocycles. The summed E-state index contributed by atoms with van der Waals surface area (Å²) >= 11 is 20.1. The van der Waals surface area contributed by atoms with Crippen LogP contribution in [0.15, 0.2) is 65.6 Å². The number of rotatable bonds is 4. The monoisotopic (exact) mass is 462 g/mol. The van der Waals surface area contributed by atoms with Gasteiger partial charge in [0.1, 0.15) is 0 Å². The molecule has 3 aromatic rings. The average Bonchev–Trinajstić information content (AvgIpc) is 2.72. The number of para-hydroxylation sites is 1. The molecule has 1 amide bonds. The summed E-state index contributed by atoms with van der Waals surface area (Å²) in [6, 6.07) is 18.7. The second kappa shape index (κ2) is 8.88. The number of fused-ring (bicyclic) bond motifs is 1. The Kier molecular flexibility index (Phi) is 6.26.